The molecule has 0 bridgehead atoms. The van der Waals surface area contributed by atoms with Gasteiger partial charge in [0.05, 0.1) is 7.11 Å². The normalized spacial score (nSPS) is 13.1. The van der Waals surface area contributed by atoms with E-state index >= 15 is 0 Å². The average Bonchev–Trinajstić information content (AvgIpc) is 2.62. The molecule has 3 heteroatoms. The van der Waals surface area contributed by atoms with Gasteiger partial charge in [-0.2, -0.15) is 0 Å². The summed E-state index contributed by atoms with van der Waals surface area (Å²) in [6.45, 7) is 0. The molecule has 62 valence electrons. The molecule has 0 atom stereocenters. The van der Waals surface area contributed by atoms with E-state index in [0.717, 1.165) is 16.9 Å². The maximum atomic E-state index is 11.2. The molecule has 1 heterocycles. The Bertz CT molecular complexity index is 349. The number of carbonyl (C=O) groups excluding carboxylic acids is 1. The summed E-state index contributed by atoms with van der Waals surface area (Å²) in [7, 11) is 1.41. The van der Waals surface area contributed by atoms with Crippen molar-refractivity contribution in [3.8, 4) is 0 Å². The van der Waals surface area contributed by atoms with Crippen molar-refractivity contribution in [1.82, 2.24) is 0 Å². The lowest BCUT2D eigenvalue weighted by atomic mass is 10.2. The predicted octanol–water partition coefficient (Wildman–Crippen LogP) is 2.10. The molecule has 0 spiro atoms. The van der Waals surface area contributed by atoms with Crippen LogP contribution in [0.15, 0.2) is 11.5 Å². The largest absolute Gasteiger partial charge is 0.465 e. The number of carbonyl (C=O) groups is 1. The molecule has 2 rings (SSSR count). The smallest absolute Gasteiger partial charge is 0.348 e. The van der Waals surface area contributed by atoms with E-state index in [9.17, 15) is 4.79 Å². The molecule has 0 aromatic carbocycles. The maximum absolute atomic E-state index is 11.2. The Morgan fingerprint density at radius 1 is 1.67 bits per heavy atom. The molecule has 0 saturated carbocycles. The van der Waals surface area contributed by atoms with E-state index < -0.39 is 0 Å². The van der Waals surface area contributed by atoms with Gasteiger partial charge >= 0.3 is 5.97 Å². The third-order valence-corrected chi connectivity index (χ3v) is 2.93. The van der Waals surface area contributed by atoms with E-state index in [4.69, 9.17) is 0 Å². The van der Waals surface area contributed by atoms with Gasteiger partial charge in [-0.25, -0.2) is 4.79 Å². The van der Waals surface area contributed by atoms with Crippen molar-refractivity contribution in [2.24, 2.45) is 0 Å². The van der Waals surface area contributed by atoms with Crippen molar-refractivity contribution in [2.45, 2.75) is 6.42 Å². The molecule has 1 aliphatic carbocycles. The van der Waals surface area contributed by atoms with E-state index in [2.05, 4.69) is 10.8 Å². The van der Waals surface area contributed by atoms with Crippen molar-refractivity contribution in [1.29, 1.82) is 0 Å². The first-order chi connectivity index (χ1) is 5.83. The number of methoxy groups -OCH3 is 1. The number of hydrogen-bond acceptors (Lipinski definition) is 3. The highest BCUT2D eigenvalue weighted by Crippen LogP contribution is 2.29. The number of thiophene rings is 1. The molecule has 0 fully saturated rings. The van der Waals surface area contributed by atoms with Gasteiger partial charge < -0.3 is 4.74 Å². The minimum atomic E-state index is -0.229. The second-order valence-corrected chi connectivity index (χ2v) is 3.48. The van der Waals surface area contributed by atoms with Gasteiger partial charge in [0.1, 0.15) is 4.88 Å². The third kappa shape index (κ3) is 0.975. The molecule has 12 heavy (non-hydrogen) atoms. The third-order valence-electron chi connectivity index (χ3n) is 1.90. The maximum Gasteiger partial charge on any atom is 0.348 e. The summed E-state index contributed by atoms with van der Waals surface area (Å²) in [6.07, 6.45) is 4.99. The zero-order valence-electron chi connectivity index (χ0n) is 6.66. The van der Waals surface area contributed by atoms with Crippen molar-refractivity contribution >= 4 is 23.4 Å². The van der Waals surface area contributed by atoms with Crippen LogP contribution in [0.4, 0.5) is 0 Å². The summed E-state index contributed by atoms with van der Waals surface area (Å²) in [5, 5.41) is 2.02. The average molecular weight is 180 g/mol. The summed E-state index contributed by atoms with van der Waals surface area (Å²) >= 11 is 1.46. The van der Waals surface area contributed by atoms with Crippen molar-refractivity contribution in [2.75, 3.05) is 7.11 Å². The summed E-state index contributed by atoms with van der Waals surface area (Å²) in [6, 6.07) is 0. The van der Waals surface area contributed by atoms with Gasteiger partial charge in [0.15, 0.2) is 0 Å². The standard InChI is InChI=1S/C9H8O2S/c1-11-9(10)8-7-4-2-3-6(7)5-12-8/h2,4-5H,3H2,1H3. The summed E-state index contributed by atoms with van der Waals surface area (Å²) in [4.78, 5) is 11.9. The highest BCUT2D eigenvalue weighted by atomic mass is 32.1. The second kappa shape index (κ2) is 2.75. The molecule has 0 saturated heterocycles. The molecule has 1 aromatic heterocycles. The lowest BCUT2D eigenvalue weighted by Gasteiger charge is -1.95. The fourth-order valence-corrected chi connectivity index (χ4v) is 2.29. The SMILES string of the molecule is COC(=O)c1scc2c1C=CC2. The zero-order chi connectivity index (χ0) is 8.55. The highest BCUT2D eigenvalue weighted by molar-refractivity contribution is 7.12. The van der Waals surface area contributed by atoms with Crippen LogP contribution in [0.2, 0.25) is 0 Å². The van der Waals surface area contributed by atoms with Crippen LogP contribution < -0.4 is 0 Å². The fraction of sp³-hybridized carbons (Fsp3) is 0.222. The minimum Gasteiger partial charge on any atom is -0.465 e. The van der Waals surface area contributed by atoms with Crippen molar-refractivity contribution < 1.29 is 9.53 Å². The Hall–Kier alpha value is -1.09. The molecule has 0 unspecified atom stereocenters. The van der Waals surface area contributed by atoms with Crippen LogP contribution in [-0.2, 0) is 11.2 Å². The van der Waals surface area contributed by atoms with Gasteiger partial charge in [-0.05, 0) is 17.4 Å². The number of fused-ring (bicyclic) bond motifs is 1. The number of hydrogen-bond donors (Lipinski definition) is 0. The van der Waals surface area contributed by atoms with Crippen molar-refractivity contribution in [3.63, 3.8) is 0 Å². The molecular weight excluding hydrogens is 172 g/mol. The van der Waals surface area contributed by atoms with E-state index in [1.807, 2.05) is 11.5 Å². The van der Waals surface area contributed by atoms with Crippen molar-refractivity contribution in [3.05, 3.63) is 27.5 Å². The monoisotopic (exact) mass is 180 g/mol. The molecule has 0 N–H and O–H groups in total. The highest BCUT2D eigenvalue weighted by Gasteiger charge is 2.18. The van der Waals surface area contributed by atoms with Gasteiger partial charge in [-0.3, -0.25) is 0 Å². The van der Waals surface area contributed by atoms with Crippen LogP contribution in [-0.4, -0.2) is 13.1 Å². The second-order valence-electron chi connectivity index (χ2n) is 2.60. The van der Waals surface area contributed by atoms with E-state index in [0.29, 0.717) is 0 Å². The number of ether oxygens (including phenoxy) is 1. The quantitative estimate of drug-likeness (QED) is 0.619. The Labute approximate surface area is 74.5 Å². The first-order valence-corrected chi connectivity index (χ1v) is 4.56. The van der Waals surface area contributed by atoms with Gasteiger partial charge in [-0.15, -0.1) is 11.3 Å². The first-order valence-electron chi connectivity index (χ1n) is 3.68. The van der Waals surface area contributed by atoms with Crippen LogP contribution >= 0.6 is 11.3 Å². The molecule has 1 aliphatic rings. The lowest BCUT2D eigenvalue weighted by Crippen LogP contribution is -1.99. The Kier molecular flexibility index (Phi) is 1.73. The molecular formula is C9H8O2S. The fourth-order valence-electron chi connectivity index (χ4n) is 1.30. The summed E-state index contributed by atoms with van der Waals surface area (Å²) < 4.78 is 4.66. The predicted molar refractivity (Wildman–Crippen MR) is 48.4 cm³/mol. The van der Waals surface area contributed by atoms with Gasteiger partial charge in [-0.1, -0.05) is 12.2 Å². The molecule has 0 aliphatic heterocycles. The summed E-state index contributed by atoms with van der Waals surface area (Å²) in [5.74, 6) is -0.229. The van der Waals surface area contributed by atoms with E-state index in [1.54, 1.807) is 0 Å². The van der Waals surface area contributed by atoms with Crippen LogP contribution in [0.1, 0.15) is 20.8 Å². The van der Waals surface area contributed by atoms with E-state index in [-0.39, 0.29) is 5.97 Å². The topological polar surface area (TPSA) is 26.3 Å². The van der Waals surface area contributed by atoms with Crippen LogP contribution in [0.25, 0.3) is 6.08 Å². The van der Waals surface area contributed by atoms with Crippen LogP contribution in [0.3, 0.4) is 0 Å². The zero-order valence-corrected chi connectivity index (χ0v) is 7.48. The molecule has 0 radical (unpaired) electrons. The minimum absolute atomic E-state index is 0.229. The summed E-state index contributed by atoms with van der Waals surface area (Å²) in [5.41, 5.74) is 2.28. The Balaban J connectivity index is 2.45. The Morgan fingerprint density at radius 3 is 3.25 bits per heavy atom. The lowest BCUT2D eigenvalue weighted by molar-refractivity contribution is 0.0606. The first kappa shape index (κ1) is 7.55. The molecule has 2 nitrogen and oxygen atoms in total. The number of allylic oxidation sites excluding steroid dienone is 1. The van der Waals surface area contributed by atoms with Crippen LogP contribution in [0.5, 0.6) is 0 Å². The van der Waals surface area contributed by atoms with Gasteiger partial charge in [0.2, 0.25) is 0 Å². The molecule has 0 amide bonds. The molecule has 1 aromatic rings. The van der Waals surface area contributed by atoms with Gasteiger partial charge in [0.25, 0.3) is 0 Å². The number of esters is 1. The Morgan fingerprint density at radius 2 is 2.50 bits per heavy atom. The van der Waals surface area contributed by atoms with Crippen LogP contribution in [0, 0.1) is 0 Å². The van der Waals surface area contributed by atoms with E-state index in [1.165, 1.54) is 24.0 Å². The number of rotatable bonds is 1. The van der Waals surface area contributed by atoms with Gasteiger partial charge in [0, 0.05) is 5.56 Å².